The Hall–Kier alpha value is -2.64. The monoisotopic (exact) mass is 356 g/mol. The zero-order valence-electron chi connectivity index (χ0n) is 16.1. The fourth-order valence-electron chi connectivity index (χ4n) is 3.30. The maximum atomic E-state index is 9.30. The van der Waals surface area contributed by atoms with E-state index in [0.717, 1.165) is 25.7 Å². The van der Waals surface area contributed by atoms with Gasteiger partial charge in [-0.1, -0.05) is 66.8 Å². The SMILES string of the molecule is C=CCc1ccc(-c2ccc3cc(/C=C/CCCC(C)O)ccc3c2)cc1. The summed E-state index contributed by atoms with van der Waals surface area (Å²) in [6.07, 6.45) is 9.90. The van der Waals surface area contributed by atoms with Gasteiger partial charge in [-0.15, -0.1) is 6.58 Å². The van der Waals surface area contributed by atoms with Crippen LogP contribution in [0.4, 0.5) is 0 Å². The molecule has 0 heterocycles. The molecule has 0 aliphatic heterocycles. The van der Waals surface area contributed by atoms with Gasteiger partial charge >= 0.3 is 0 Å². The number of benzene rings is 3. The Balaban J connectivity index is 1.73. The second-order valence-corrected chi connectivity index (χ2v) is 7.19. The van der Waals surface area contributed by atoms with Crippen LogP contribution in [0.15, 0.2) is 79.4 Å². The summed E-state index contributed by atoms with van der Waals surface area (Å²) < 4.78 is 0. The molecule has 1 N–H and O–H groups in total. The molecule has 0 aliphatic rings. The van der Waals surface area contributed by atoms with Crippen LogP contribution in [0.1, 0.15) is 37.3 Å². The van der Waals surface area contributed by atoms with Crippen LogP contribution in [0.5, 0.6) is 0 Å². The summed E-state index contributed by atoms with van der Waals surface area (Å²) in [5.74, 6) is 0. The van der Waals surface area contributed by atoms with E-state index >= 15 is 0 Å². The summed E-state index contributed by atoms with van der Waals surface area (Å²) in [5, 5.41) is 11.8. The molecule has 3 aromatic rings. The van der Waals surface area contributed by atoms with E-state index in [1.807, 2.05) is 13.0 Å². The third kappa shape index (κ3) is 5.42. The molecule has 0 saturated heterocycles. The van der Waals surface area contributed by atoms with Gasteiger partial charge in [-0.3, -0.25) is 0 Å². The summed E-state index contributed by atoms with van der Waals surface area (Å²) in [7, 11) is 0. The number of rotatable bonds is 8. The van der Waals surface area contributed by atoms with E-state index in [1.165, 1.54) is 33.0 Å². The Kier molecular flexibility index (Phi) is 6.62. The molecule has 0 spiro atoms. The van der Waals surface area contributed by atoms with Crippen molar-refractivity contribution in [1.29, 1.82) is 0 Å². The standard InChI is InChI=1S/C26H28O/c1-3-7-21-10-13-23(14-11-21)25-17-16-24-18-22(12-15-26(24)19-25)9-6-4-5-8-20(2)27/h3,6,9-20,27H,1,4-5,7-8H2,2H3/b9-6+. The molecule has 3 aromatic carbocycles. The lowest BCUT2D eigenvalue weighted by Crippen LogP contribution is -1.97. The van der Waals surface area contributed by atoms with Gasteiger partial charge in [-0.2, -0.15) is 0 Å². The van der Waals surface area contributed by atoms with Crippen molar-refractivity contribution in [2.45, 2.75) is 38.7 Å². The normalized spacial score (nSPS) is 12.5. The van der Waals surface area contributed by atoms with Crippen molar-refractivity contribution in [2.75, 3.05) is 0 Å². The second kappa shape index (κ2) is 9.34. The van der Waals surface area contributed by atoms with Crippen LogP contribution in [0.3, 0.4) is 0 Å². The van der Waals surface area contributed by atoms with Gasteiger partial charge in [0.05, 0.1) is 6.10 Å². The fraction of sp³-hybridized carbons (Fsp3) is 0.231. The number of aliphatic hydroxyl groups is 1. The van der Waals surface area contributed by atoms with E-state index in [2.05, 4.69) is 79.4 Å². The fourth-order valence-corrected chi connectivity index (χ4v) is 3.30. The number of fused-ring (bicyclic) bond motifs is 1. The maximum absolute atomic E-state index is 9.30. The Morgan fingerprint density at radius 1 is 0.926 bits per heavy atom. The highest BCUT2D eigenvalue weighted by atomic mass is 16.3. The maximum Gasteiger partial charge on any atom is 0.0512 e. The molecule has 0 fully saturated rings. The highest BCUT2D eigenvalue weighted by molar-refractivity contribution is 5.89. The number of allylic oxidation sites excluding steroid dienone is 2. The average molecular weight is 357 g/mol. The van der Waals surface area contributed by atoms with Crippen molar-refractivity contribution >= 4 is 16.8 Å². The minimum atomic E-state index is -0.202. The first-order chi connectivity index (χ1) is 13.2. The molecule has 1 atom stereocenters. The molecule has 1 heteroatoms. The van der Waals surface area contributed by atoms with Crippen LogP contribution in [-0.2, 0) is 6.42 Å². The lowest BCUT2D eigenvalue weighted by molar-refractivity contribution is 0.182. The molecule has 0 aliphatic carbocycles. The van der Waals surface area contributed by atoms with Gasteiger partial charge in [0.1, 0.15) is 0 Å². The Morgan fingerprint density at radius 3 is 2.37 bits per heavy atom. The van der Waals surface area contributed by atoms with E-state index in [4.69, 9.17) is 0 Å². The average Bonchev–Trinajstić information content (AvgIpc) is 2.68. The molecule has 27 heavy (non-hydrogen) atoms. The summed E-state index contributed by atoms with van der Waals surface area (Å²) in [6, 6.07) is 22.0. The van der Waals surface area contributed by atoms with Gasteiger partial charge in [0.15, 0.2) is 0 Å². The van der Waals surface area contributed by atoms with Gasteiger partial charge in [0.25, 0.3) is 0 Å². The van der Waals surface area contributed by atoms with Gasteiger partial charge in [-0.05, 0) is 77.8 Å². The molecule has 0 amide bonds. The van der Waals surface area contributed by atoms with E-state index in [-0.39, 0.29) is 6.10 Å². The third-order valence-corrected chi connectivity index (χ3v) is 4.83. The first kappa shape index (κ1) is 19.1. The predicted octanol–water partition coefficient (Wildman–Crippen LogP) is 6.80. The first-order valence-electron chi connectivity index (χ1n) is 9.74. The Bertz CT molecular complexity index is 917. The summed E-state index contributed by atoms with van der Waals surface area (Å²) >= 11 is 0. The highest BCUT2D eigenvalue weighted by Gasteiger charge is 2.01. The Labute approximate surface area is 162 Å². The van der Waals surface area contributed by atoms with Gasteiger partial charge in [-0.25, -0.2) is 0 Å². The third-order valence-electron chi connectivity index (χ3n) is 4.83. The van der Waals surface area contributed by atoms with Crippen molar-refractivity contribution in [3.05, 3.63) is 90.5 Å². The topological polar surface area (TPSA) is 20.2 Å². The van der Waals surface area contributed by atoms with Crippen LogP contribution < -0.4 is 0 Å². The zero-order valence-corrected chi connectivity index (χ0v) is 16.1. The lowest BCUT2D eigenvalue weighted by Gasteiger charge is -2.06. The van der Waals surface area contributed by atoms with E-state index in [9.17, 15) is 5.11 Å². The number of unbranched alkanes of at least 4 members (excludes halogenated alkanes) is 1. The smallest absolute Gasteiger partial charge is 0.0512 e. The molecular formula is C26H28O. The van der Waals surface area contributed by atoms with Gasteiger partial charge < -0.3 is 5.11 Å². The molecule has 0 saturated carbocycles. The molecule has 3 rings (SSSR count). The molecule has 1 unspecified atom stereocenters. The zero-order chi connectivity index (χ0) is 19.1. The predicted molar refractivity (Wildman–Crippen MR) is 118 cm³/mol. The first-order valence-corrected chi connectivity index (χ1v) is 9.74. The van der Waals surface area contributed by atoms with Crippen molar-refractivity contribution < 1.29 is 5.11 Å². The van der Waals surface area contributed by atoms with Crippen LogP contribution in [0, 0.1) is 0 Å². The van der Waals surface area contributed by atoms with Crippen molar-refractivity contribution in [2.24, 2.45) is 0 Å². The number of hydrogen-bond acceptors (Lipinski definition) is 1. The van der Waals surface area contributed by atoms with Crippen LogP contribution >= 0.6 is 0 Å². The number of aliphatic hydroxyl groups excluding tert-OH is 1. The molecule has 1 nitrogen and oxygen atoms in total. The van der Waals surface area contributed by atoms with Crippen molar-refractivity contribution in [1.82, 2.24) is 0 Å². The second-order valence-electron chi connectivity index (χ2n) is 7.19. The van der Waals surface area contributed by atoms with Crippen LogP contribution in [-0.4, -0.2) is 11.2 Å². The summed E-state index contributed by atoms with van der Waals surface area (Å²) in [4.78, 5) is 0. The van der Waals surface area contributed by atoms with Crippen molar-refractivity contribution in [3.8, 4) is 11.1 Å². The molecule has 138 valence electrons. The molecule has 0 aromatic heterocycles. The van der Waals surface area contributed by atoms with Gasteiger partial charge in [0, 0.05) is 0 Å². The minimum Gasteiger partial charge on any atom is -0.393 e. The minimum absolute atomic E-state index is 0.202. The van der Waals surface area contributed by atoms with E-state index in [1.54, 1.807) is 0 Å². The van der Waals surface area contributed by atoms with E-state index < -0.39 is 0 Å². The summed E-state index contributed by atoms with van der Waals surface area (Å²) in [6.45, 7) is 5.64. The molecular weight excluding hydrogens is 328 g/mol. The van der Waals surface area contributed by atoms with E-state index in [0.29, 0.717) is 0 Å². The van der Waals surface area contributed by atoms with Crippen LogP contribution in [0.25, 0.3) is 28.0 Å². The Morgan fingerprint density at radius 2 is 1.63 bits per heavy atom. The van der Waals surface area contributed by atoms with Crippen molar-refractivity contribution in [3.63, 3.8) is 0 Å². The molecule has 0 bridgehead atoms. The quantitative estimate of drug-likeness (QED) is 0.347. The lowest BCUT2D eigenvalue weighted by atomic mass is 9.98. The molecule has 0 radical (unpaired) electrons. The summed E-state index contributed by atoms with van der Waals surface area (Å²) in [5.41, 5.74) is 5.00. The van der Waals surface area contributed by atoms with Gasteiger partial charge in [0.2, 0.25) is 0 Å². The van der Waals surface area contributed by atoms with Crippen LogP contribution in [0.2, 0.25) is 0 Å². The highest BCUT2D eigenvalue weighted by Crippen LogP contribution is 2.26. The largest absolute Gasteiger partial charge is 0.393 e. The number of hydrogen-bond donors (Lipinski definition) is 1.